The van der Waals surface area contributed by atoms with E-state index in [0.29, 0.717) is 0 Å². The van der Waals surface area contributed by atoms with E-state index in [9.17, 15) is 4.79 Å². The molecule has 0 aliphatic rings. The number of benzene rings is 1. The maximum Gasteiger partial charge on any atom is 0.262 e. The second kappa shape index (κ2) is 5.45. The number of amides is 1. The minimum absolute atomic E-state index is 0.0455. The predicted octanol–water partition coefficient (Wildman–Crippen LogP) is 3.42. The van der Waals surface area contributed by atoms with Gasteiger partial charge in [0.1, 0.15) is 5.75 Å². The summed E-state index contributed by atoms with van der Waals surface area (Å²) in [6.07, 6.45) is 0. The van der Waals surface area contributed by atoms with Gasteiger partial charge in [-0.05, 0) is 43.0 Å². The van der Waals surface area contributed by atoms with E-state index >= 15 is 0 Å². The van der Waals surface area contributed by atoms with Crippen LogP contribution in [0.2, 0.25) is 0 Å². The summed E-state index contributed by atoms with van der Waals surface area (Å²) in [5, 5.41) is 4.94. The van der Waals surface area contributed by atoms with Crippen LogP contribution in [-0.2, 0) is 5.54 Å². The van der Waals surface area contributed by atoms with Gasteiger partial charge in [-0.1, -0.05) is 18.2 Å². The molecule has 1 N–H and O–H groups in total. The normalized spacial score (nSPS) is 11.1. The first-order valence-electron chi connectivity index (χ1n) is 6.03. The zero-order chi connectivity index (χ0) is 13.9. The van der Waals surface area contributed by atoms with Crippen molar-refractivity contribution in [1.82, 2.24) is 5.32 Å². The summed E-state index contributed by atoms with van der Waals surface area (Å²) in [5.41, 5.74) is 0.617. The van der Waals surface area contributed by atoms with Crippen molar-refractivity contribution >= 4 is 17.2 Å². The Morgan fingerprint density at radius 3 is 2.42 bits per heavy atom. The summed E-state index contributed by atoms with van der Waals surface area (Å²) in [6, 6.07) is 11.4. The molecular weight excluding hydrogens is 258 g/mol. The highest BCUT2D eigenvalue weighted by Gasteiger charge is 2.23. The highest BCUT2D eigenvalue weighted by molar-refractivity contribution is 7.12. The van der Waals surface area contributed by atoms with Crippen LogP contribution in [0.5, 0.6) is 5.75 Å². The molecule has 1 heterocycles. The van der Waals surface area contributed by atoms with Crippen molar-refractivity contribution in [1.29, 1.82) is 0 Å². The Kier molecular flexibility index (Phi) is 3.90. The van der Waals surface area contributed by atoms with Crippen molar-refractivity contribution in [3.8, 4) is 5.75 Å². The molecule has 1 aromatic carbocycles. The van der Waals surface area contributed by atoms with Crippen LogP contribution in [0.3, 0.4) is 0 Å². The minimum atomic E-state index is -0.423. The molecule has 1 aromatic heterocycles. The Labute approximate surface area is 117 Å². The minimum Gasteiger partial charge on any atom is -0.497 e. The van der Waals surface area contributed by atoms with Crippen molar-refractivity contribution in [2.75, 3.05) is 7.11 Å². The van der Waals surface area contributed by atoms with E-state index in [-0.39, 0.29) is 5.91 Å². The Morgan fingerprint density at radius 2 is 1.89 bits per heavy atom. The van der Waals surface area contributed by atoms with E-state index in [1.54, 1.807) is 7.11 Å². The van der Waals surface area contributed by atoms with Gasteiger partial charge >= 0.3 is 0 Å². The van der Waals surface area contributed by atoms with Crippen molar-refractivity contribution in [3.63, 3.8) is 0 Å². The summed E-state index contributed by atoms with van der Waals surface area (Å²) >= 11 is 1.44. The lowest BCUT2D eigenvalue weighted by Crippen LogP contribution is -2.40. The van der Waals surface area contributed by atoms with Gasteiger partial charge in [-0.25, -0.2) is 0 Å². The van der Waals surface area contributed by atoms with Crippen molar-refractivity contribution in [2.24, 2.45) is 0 Å². The van der Waals surface area contributed by atoms with E-state index in [2.05, 4.69) is 5.32 Å². The van der Waals surface area contributed by atoms with Gasteiger partial charge < -0.3 is 10.1 Å². The third kappa shape index (κ3) is 3.15. The first-order chi connectivity index (χ1) is 9.03. The number of thiophene rings is 1. The van der Waals surface area contributed by atoms with E-state index in [1.807, 2.05) is 55.6 Å². The molecule has 0 radical (unpaired) electrons. The van der Waals surface area contributed by atoms with Crippen molar-refractivity contribution < 1.29 is 9.53 Å². The number of ether oxygens (including phenoxy) is 1. The average Bonchev–Trinajstić information content (AvgIpc) is 2.92. The third-order valence-corrected chi connectivity index (χ3v) is 3.85. The molecule has 2 rings (SSSR count). The van der Waals surface area contributed by atoms with Gasteiger partial charge in [0.25, 0.3) is 5.91 Å². The van der Waals surface area contributed by atoms with Gasteiger partial charge in [0, 0.05) is 0 Å². The molecule has 0 unspecified atom stereocenters. The van der Waals surface area contributed by atoms with Crippen LogP contribution in [0, 0.1) is 0 Å². The number of hydrogen-bond acceptors (Lipinski definition) is 3. The number of rotatable bonds is 4. The Hall–Kier alpha value is -1.81. The Morgan fingerprint density at radius 1 is 1.21 bits per heavy atom. The maximum absolute atomic E-state index is 12.1. The number of methoxy groups -OCH3 is 1. The van der Waals surface area contributed by atoms with E-state index in [0.717, 1.165) is 16.2 Å². The van der Waals surface area contributed by atoms with Crippen LogP contribution >= 0.6 is 11.3 Å². The van der Waals surface area contributed by atoms with E-state index in [4.69, 9.17) is 4.74 Å². The standard InChI is InChI=1S/C15H17NO2S/c1-15(2,11-6-8-12(18-3)9-7-11)16-14(17)13-5-4-10-19-13/h4-10H,1-3H3,(H,16,17). The largest absolute Gasteiger partial charge is 0.497 e. The van der Waals surface area contributed by atoms with Crippen LogP contribution in [0.25, 0.3) is 0 Å². The summed E-state index contributed by atoms with van der Waals surface area (Å²) in [6.45, 7) is 3.97. The Bertz CT molecular complexity index is 544. The quantitative estimate of drug-likeness (QED) is 0.928. The van der Waals surface area contributed by atoms with E-state index in [1.165, 1.54) is 11.3 Å². The highest BCUT2D eigenvalue weighted by Crippen LogP contribution is 2.23. The smallest absolute Gasteiger partial charge is 0.262 e. The zero-order valence-corrected chi connectivity index (χ0v) is 12.1. The molecule has 0 aliphatic carbocycles. The van der Waals surface area contributed by atoms with Gasteiger partial charge in [0.15, 0.2) is 0 Å². The molecule has 1 amide bonds. The van der Waals surface area contributed by atoms with Gasteiger partial charge in [0.2, 0.25) is 0 Å². The third-order valence-electron chi connectivity index (χ3n) is 2.98. The number of hydrogen-bond donors (Lipinski definition) is 1. The molecule has 19 heavy (non-hydrogen) atoms. The molecule has 0 saturated carbocycles. The molecule has 4 heteroatoms. The zero-order valence-electron chi connectivity index (χ0n) is 11.3. The molecule has 2 aromatic rings. The second-order valence-electron chi connectivity index (χ2n) is 4.78. The van der Waals surface area contributed by atoms with E-state index < -0.39 is 5.54 Å². The fourth-order valence-corrected chi connectivity index (χ4v) is 2.45. The SMILES string of the molecule is COc1ccc(C(C)(C)NC(=O)c2cccs2)cc1. The molecule has 0 atom stereocenters. The Balaban J connectivity index is 2.14. The molecule has 0 fully saturated rings. The second-order valence-corrected chi connectivity index (χ2v) is 5.73. The first kappa shape index (κ1) is 13.6. The summed E-state index contributed by atoms with van der Waals surface area (Å²) in [5.74, 6) is 0.764. The average molecular weight is 275 g/mol. The summed E-state index contributed by atoms with van der Waals surface area (Å²) in [7, 11) is 1.64. The van der Waals surface area contributed by atoms with Crippen molar-refractivity contribution in [2.45, 2.75) is 19.4 Å². The summed E-state index contributed by atoms with van der Waals surface area (Å²) < 4.78 is 5.14. The van der Waals surface area contributed by atoms with Gasteiger partial charge in [-0.15, -0.1) is 11.3 Å². The van der Waals surface area contributed by atoms with Crippen LogP contribution in [0.1, 0.15) is 29.1 Å². The van der Waals surface area contributed by atoms with Gasteiger partial charge in [0.05, 0.1) is 17.5 Å². The fraction of sp³-hybridized carbons (Fsp3) is 0.267. The van der Waals surface area contributed by atoms with Crippen LogP contribution < -0.4 is 10.1 Å². The lowest BCUT2D eigenvalue weighted by atomic mass is 9.94. The lowest BCUT2D eigenvalue weighted by Gasteiger charge is -2.26. The molecule has 3 nitrogen and oxygen atoms in total. The van der Waals surface area contributed by atoms with Gasteiger partial charge in [-0.2, -0.15) is 0 Å². The lowest BCUT2D eigenvalue weighted by molar-refractivity contribution is 0.0916. The summed E-state index contributed by atoms with van der Waals surface area (Å²) in [4.78, 5) is 12.8. The first-order valence-corrected chi connectivity index (χ1v) is 6.91. The fourth-order valence-electron chi connectivity index (χ4n) is 1.83. The maximum atomic E-state index is 12.1. The molecule has 0 spiro atoms. The van der Waals surface area contributed by atoms with Crippen LogP contribution in [0.4, 0.5) is 0 Å². The number of nitrogens with one attached hydrogen (secondary N) is 1. The highest BCUT2D eigenvalue weighted by atomic mass is 32.1. The molecule has 0 aliphatic heterocycles. The number of carbonyl (C=O) groups excluding carboxylic acids is 1. The monoisotopic (exact) mass is 275 g/mol. The van der Waals surface area contributed by atoms with Crippen molar-refractivity contribution in [3.05, 3.63) is 52.2 Å². The molecule has 0 bridgehead atoms. The molecule has 0 saturated heterocycles. The molecule has 100 valence electrons. The number of carbonyl (C=O) groups is 1. The topological polar surface area (TPSA) is 38.3 Å². The van der Waals surface area contributed by atoms with Crippen LogP contribution in [-0.4, -0.2) is 13.0 Å². The predicted molar refractivity (Wildman–Crippen MR) is 77.8 cm³/mol. The molecular formula is C15H17NO2S. The van der Waals surface area contributed by atoms with Crippen LogP contribution in [0.15, 0.2) is 41.8 Å². The van der Waals surface area contributed by atoms with Gasteiger partial charge in [-0.3, -0.25) is 4.79 Å².